The van der Waals surface area contributed by atoms with Crippen molar-refractivity contribution in [3.8, 4) is 0 Å². The average molecular weight is 626 g/mol. The van der Waals surface area contributed by atoms with Crippen molar-refractivity contribution in [2.75, 3.05) is 6.54 Å². The molecule has 0 aromatic heterocycles. The Hall–Kier alpha value is -4.07. The maximum atomic E-state index is 14.3. The summed E-state index contributed by atoms with van der Waals surface area (Å²) in [6.45, 7) is -0.502. The van der Waals surface area contributed by atoms with Gasteiger partial charge < -0.3 is 0 Å². The molecule has 0 N–H and O–H groups in total. The van der Waals surface area contributed by atoms with Crippen LogP contribution in [0.3, 0.4) is 0 Å². The summed E-state index contributed by atoms with van der Waals surface area (Å²) < 4.78 is 0.793. The molecular weight excluding hydrogens is 604 g/mol. The van der Waals surface area contributed by atoms with Crippen LogP contribution in [-0.4, -0.2) is 40.1 Å². The van der Waals surface area contributed by atoms with Gasteiger partial charge in [0.2, 0.25) is 0 Å². The third-order valence-electron chi connectivity index (χ3n) is 8.46. The van der Waals surface area contributed by atoms with Gasteiger partial charge in [0.1, 0.15) is 6.54 Å². The minimum absolute atomic E-state index is 0.0998. The highest BCUT2D eigenvalue weighted by Crippen LogP contribution is 2.61. The fraction of sp³-hybridized carbons (Fsp3) is 0.152. The molecule has 0 spiro atoms. The number of imide groups is 1. The summed E-state index contributed by atoms with van der Waals surface area (Å²) in [6.07, 6.45) is 0. The Kier molecular flexibility index (Phi) is 6.17. The van der Waals surface area contributed by atoms with E-state index in [1.165, 1.54) is 6.07 Å². The molecule has 202 valence electrons. The number of halogens is 2. The van der Waals surface area contributed by atoms with E-state index in [4.69, 9.17) is 11.6 Å². The van der Waals surface area contributed by atoms with E-state index >= 15 is 0 Å². The molecule has 4 aromatic carbocycles. The lowest BCUT2D eigenvalue weighted by atomic mass is 9.55. The normalized spacial score (nSPS) is 21.8. The molecule has 2 atom stereocenters. The predicted octanol–water partition coefficient (Wildman–Crippen LogP) is 6.23. The second-order valence-corrected chi connectivity index (χ2v) is 11.8. The average Bonchev–Trinajstić information content (AvgIpc) is 3.26. The van der Waals surface area contributed by atoms with Gasteiger partial charge in [-0.25, -0.2) is 5.01 Å². The van der Waals surface area contributed by atoms with E-state index < -0.39 is 41.9 Å². The van der Waals surface area contributed by atoms with Crippen LogP contribution in [0.1, 0.15) is 54.8 Å². The highest BCUT2D eigenvalue weighted by atomic mass is 79.9. The van der Waals surface area contributed by atoms with Gasteiger partial charge in [-0.15, -0.1) is 0 Å². The zero-order valence-electron chi connectivity index (χ0n) is 21.5. The zero-order valence-corrected chi connectivity index (χ0v) is 23.9. The lowest BCUT2D eigenvalue weighted by molar-refractivity contribution is -0.154. The SMILES string of the molecule is O=C(CN(C(=O)c1ccccc1Cl)N1C(=O)[C@@H]2C3c4ccccc4C(c4ccccc43)[C@@H]2C1=O)c1ccc(Br)cc1. The van der Waals surface area contributed by atoms with Gasteiger partial charge in [-0.05, 0) is 46.5 Å². The molecule has 3 amide bonds. The minimum atomic E-state index is -0.693. The molecule has 8 rings (SSSR count). The quantitative estimate of drug-likeness (QED) is 0.195. The maximum Gasteiger partial charge on any atom is 0.274 e. The Morgan fingerprint density at radius 3 is 1.66 bits per heavy atom. The number of nitrogens with zero attached hydrogens (tertiary/aromatic N) is 2. The van der Waals surface area contributed by atoms with Crippen molar-refractivity contribution < 1.29 is 19.2 Å². The monoisotopic (exact) mass is 624 g/mol. The summed E-state index contributed by atoms with van der Waals surface area (Å²) in [6, 6.07) is 29.0. The van der Waals surface area contributed by atoms with E-state index in [0.717, 1.165) is 36.7 Å². The van der Waals surface area contributed by atoms with Crippen LogP contribution in [0.25, 0.3) is 0 Å². The Labute approximate surface area is 249 Å². The van der Waals surface area contributed by atoms with Crippen molar-refractivity contribution in [3.63, 3.8) is 0 Å². The molecule has 6 nitrogen and oxygen atoms in total. The third-order valence-corrected chi connectivity index (χ3v) is 9.32. The molecule has 1 aliphatic heterocycles. The second kappa shape index (κ2) is 9.79. The molecule has 1 fully saturated rings. The number of hydrazine groups is 1. The van der Waals surface area contributed by atoms with E-state index in [1.807, 2.05) is 48.5 Å². The topological polar surface area (TPSA) is 74.8 Å². The van der Waals surface area contributed by atoms with Crippen LogP contribution in [0.4, 0.5) is 0 Å². The fourth-order valence-electron chi connectivity index (χ4n) is 6.77. The van der Waals surface area contributed by atoms with E-state index in [1.54, 1.807) is 42.5 Å². The van der Waals surface area contributed by atoms with Gasteiger partial charge in [0, 0.05) is 21.9 Å². The van der Waals surface area contributed by atoms with Crippen LogP contribution in [0.2, 0.25) is 5.02 Å². The number of carbonyl (C=O) groups excluding carboxylic acids is 4. The lowest BCUT2D eigenvalue weighted by Crippen LogP contribution is -2.52. The van der Waals surface area contributed by atoms with E-state index in [0.29, 0.717) is 5.56 Å². The number of rotatable bonds is 5. The standard InChI is InChI=1S/C33H22BrClN2O4/c34-19-15-13-18(14-16-19)26(38)17-36(31(39)24-11-5-6-12-25(24)35)37-32(40)29-27-20-7-1-2-8-21(20)28(30(29)33(37)41)23-10-4-3-9-22(23)27/h1-16,27-30H,17H2/t27?,28?,29-,30+. The van der Waals surface area contributed by atoms with Crippen LogP contribution in [-0.2, 0) is 9.59 Å². The number of ketones is 1. The number of amides is 3. The van der Waals surface area contributed by atoms with Crippen LogP contribution >= 0.6 is 27.5 Å². The molecule has 1 saturated heterocycles. The molecule has 4 aromatic rings. The van der Waals surface area contributed by atoms with Crippen molar-refractivity contribution >= 4 is 51.0 Å². The lowest BCUT2D eigenvalue weighted by Gasteiger charge is -2.45. The molecule has 8 heteroatoms. The number of benzene rings is 4. The van der Waals surface area contributed by atoms with Crippen molar-refractivity contribution in [3.05, 3.63) is 140 Å². The van der Waals surface area contributed by atoms with E-state index in [9.17, 15) is 19.2 Å². The van der Waals surface area contributed by atoms with E-state index in [-0.39, 0.29) is 22.4 Å². The number of carbonyl (C=O) groups is 4. The van der Waals surface area contributed by atoms with Crippen LogP contribution in [0.5, 0.6) is 0 Å². The zero-order chi connectivity index (χ0) is 28.4. The summed E-state index contributed by atoms with van der Waals surface area (Å²) in [5.41, 5.74) is 4.54. The summed E-state index contributed by atoms with van der Waals surface area (Å²) in [5.74, 6) is -4.13. The highest BCUT2D eigenvalue weighted by molar-refractivity contribution is 9.10. The van der Waals surface area contributed by atoms with Gasteiger partial charge in [0.25, 0.3) is 17.7 Å². The fourth-order valence-corrected chi connectivity index (χ4v) is 7.25. The van der Waals surface area contributed by atoms with Gasteiger partial charge in [0.15, 0.2) is 5.78 Å². The van der Waals surface area contributed by atoms with E-state index in [2.05, 4.69) is 15.9 Å². The maximum absolute atomic E-state index is 14.3. The number of Topliss-reactive ketones (excluding diaryl/α,β-unsaturated/α-hetero) is 1. The second-order valence-electron chi connectivity index (χ2n) is 10.5. The molecule has 3 aliphatic carbocycles. The van der Waals surface area contributed by atoms with Crippen molar-refractivity contribution in [1.82, 2.24) is 10.0 Å². The van der Waals surface area contributed by atoms with Crippen LogP contribution in [0.15, 0.2) is 102 Å². The molecule has 0 saturated carbocycles. The number of hydrogen-bond acceptors (Lipinski definition) is 4. The first-order valence-electron chi connectivity index (χ1n) is 13.3. The largest absolute Gasteiger partial charge is 0.292 e. The Bertz CT molecular complexity index is 1660. The van der Waals surface area contributed by atoms with Gasteiger partial charge >= 0.3 is 0 Å². The molecule has 0 radical (unpaired) electrons. The smallest absolute Gasteiger partial charge is 0.274 e. The first-order chi connectivity index (χ1) is 19.9. The van der Waals surface area contributed by atoms with Gasteiger partial charge in [-0.1, -0.05) is 100 Å². The summed E-state index contributed by atoms with van der Waals surface area (Å²) >= 11 is 9.75. The third kappa shape index (κ3) is 3.90. The Balaban J connectivity index is 1.34. The van der Waals surface area contributed by atoms with Gasteiger partial charge in [-0.2, -0.15) is 5.01 Å². The summed E-state index contributed by atoms with van der Waals surface area (Å²) in [4.78, 5) is 56.2. The Morgan fingerprint density at radius 1 is 0.707 bits per heavy atom. The first-order valence-corrected chi connectivity index (χ1v) is 14.4. The molecule has 41 heavy (non-hydrogen) atoms. The molecule has 4 aliphatic rings. The number of hydrogen-bond donors (Lipinski definition) is 0. The van der Waals surface area contributed by atoms with Crippen LogP contribution < -0.4 is 0 Å². The summed E-state index contributed by atoms with van der Waals surface area (Å²) in [7, 11) is 0. The first kappa shape index (κ1) is 25.9. The molecular formula is C33H22BrClN2O4. The Morgan fingerprint density at radius 2 is 1.17 bits per heavy atom. The van der Waals surface area contributed by atoms with Crippen molar-refractivity contribution in [1.29, 1.82) is 0 Å². The molecule has 2 bridgehead atoms. The molecule has 0 unspecified atom stereocenters. The highest BCUT2D eigenvalue weighted by Gasteiger charge is 2.63. The van der Waals surface area contributed by atoms with Gasteiger partial charge in [-0.3, -0.25) is 19.2 Å². The van der Waals surface area contributed by atoms with Gasteiger partial charge in [0.05, 0.1) is 22.4 Å². The predicted molar refractivity (Wildman–Crippen MR) is 156 cm³/mol. The van der Waals surface area contributed by atoms with Crippen molar-refractivity contribution in [2.45, 2.75) is 11.8 Å². The minimum Gasteiger partial charge on any atom is -0.292 e. The van der Waals surface area contributed by atoms with Crippen molar-refractivity contribution in [2.24, 2.45) is 11.8 Å². The van der Waals surface area contributed by atoms with Crippen LogP contribution in [0, 0.1) is 11.8 Å². The molecule has 1 heterocycles. The summed E-state index contributed by atoms with van der Waals surface area (Å²) in [5, 5.41) is 2.08.